The van der Waals surface area contributed by atoms with Crippen molar-refractivity contribution in [1.82, 2.24) is 5.32 Å². The molecule has 1 saturated carbocycles. The van der Waals surface area contributed by atoms with E-state index in [-0.39, 0.29) is 17.7 Å². The van der Waals surface area contributed by atoms with E-state index in [9.17, 15) is 9.90 Å². The van der Waals surface area contributed by atoms with Gasteiger partial charge < -0.3 is 10.4 Å². The topological polar surface area (TPSA) is 49.3 Å². The molecule has 1 aromatic rings. The highest BCUT2D eigenvalue weighted by Gasteiger charge is 2.23. The quantitative estimate of drug-likeness (QED) is 0.844. The molecule has 0 spiro atoms. The Morgan fingerprint density at radius 2 is 2.06 bits per heavy atom. The fourth-order valence-corrected chi connectivity index (χ4v) is 2.53. The minimum absolute atomic E-state index is 0.0796. The summed E-state index contributed by atoms with van der Waals surface area (Å²) in [4.78, 5) is 12.1. The predicted octanol–water partition coefficient (Wildman–Crippen LogP) is 3.01. The summed E-state index contributed by atoms with van der Waals surface area (Å²) < 4.78 is 0. The molecule has 1 fully saturated rings. The van der Waals surface area contributed by atoms with E-state index in [0.29, 0.717) is 11.5 Å². The molecule has 18 heavy (non-hydrogen) atoms. The predicted molar refractivity (Wildman–Crippen MR) is 71.7 cm³/mol. The van der Waals surface area contributed by atoms with Crippen molar-refractivity contribution in [3.05, 3.63) is 29.3 Å². The van der Waals surface area contributed by atoms with Gasteiger partial charge in [-0.15, -0.1) is 0 Å². The highest BCUT2D eigenvalue weighted by atomic mass is 16.3. The number of amides is 1. The summed E-state index contributed by atoms with van der Waals surface area (Å²) in [5, 5.41) is 12.7. The van der Waals surface area contributed by atoms with E-state index in [1.165, 1.54) is 25.3 Å². The van der Waals surface area contributed by atoms with Gasteiger partial charge >= 0.3 is 0 Å². The van der Waals surface area contributed by atoms with Crippen molar-refractivity contribution in [2.24, 2.45) is 5.92 Å². The van der Waals surface area contributed by atoms with Gasteiger partial charge in [0.15, 0.2) is 0 Å². The van der Waals surface area contributed by atoms with Crippen LogP contribution < -0.4 is 5.32 Å². The van der Waals surface area contributed by atoms with Gasteiger partial charge in [0.1, 0.15) is 5.75 Å². The van der Waals surface area contributed by atoms with Crippen LogP contribution in [-0.2, 0) is 0 Å². The Hall–Kier alpha value is -1.51. The Kier molecular flexibility index (Phi) is 3.90. The van der Waals surface area contributed by atoms with Crippen LogP contribution in [-0.4, -0.2) is 17.1 Å². The molecule has 2 N–H and O–H groups in total. The molecule has 98 valence electrons. The summed E-state index contributed by atoms with van der Waals surface area (Å²) in [7, 11) is 0. The Labute approximate surface area is 108 Å². The smallest absolute Gasteiger partial charge is 0.251 e. The number of aromatic hydroxyl groups is 1. The average Bonchev–Trinajstić information content (AvgIpc) is 2.35. The largest absolute Gasteiger partial charge is 0.508 e. The molecular formula is C15H21NO2. The first kappa shape index (κ1) is 12.9. The summed E-state index contributed by atoms with van der Waals surface area (Å²) >= 11 is 0. The van der Waals surface area contributed by atoms with Gasteiger partial charge in [-0.05, 0) is 43.4 Å². The summed E-state index contributed by atoms with van der Waals surface area (Å²) in [6.45, 7) is 4.01. The Morgan fingerprint density at radius 1 is 1.33 bits per heavy atom. The van der Waals surface area contributed by atoms with Crippen molar-refractivity contribution in [3.63, 3.8) is 0 Å². The van der Waals surface area contributed by atoms with Gasteiger partial charge in [-0.3, -0.25) is 4.79 Å². The second-order valence-corrected chi connectivity index (χ2v) is 5.34. The fourth-order valence-electron chi connectivity index (χ4n) is 2.53. The first-order valence-corrected chi connectivity index (χ1v) is 6.68. The number of phenols is 1. The summed E-state index contributed by atoms with van der Waals surface area (Å²) in [6, 6.07) is 5.35. The van der Waals surface area contributed by atoms with Crippen LogP contribution >= 0.6 is 0 Å². The maximum absolute atomic E-state index is 12.1. The van der Waals surface area contributed by atoms with Crippen molar-refractivity contribution >= 4 is 5.91 Å². The molecule has 1 aliphatic carbocycles. The zero-order chi connectivity index (χ0) is 13.1. The number of carbonyl (C=O) groups is 1. The Morgan fingerprint density at radius 3 is 2.72 bits per heavy atom. The highest BCUT2D eigenvalue weighted by Crippen LogP contribution is 2.24. The molecule has 2 rings (SSSR count). The molecule has 0 saturated heterocycles. The second-order valence-electron chi connectivity index (χ2n) is 5.34. The van der Waals surface area contributed by atoms with E-state index in [2.05, 4.69) is 12.2 Å². The summed E-state index contributed by atoms with van der Waals surface area (Å²) in [5.41, 5.74) is 1.33. The molecule has 0 heterocycles. The summed E-state index contributed by atoms with van der Waals surface area (Å²) in [6.07, 6.45) is 4.70. The first-order chi connectivity index (χ1) is 8.58. The molecule has 3 nitrogen and oxygen atoms in total. The van der Waals surface area contributed by atoms with E-state index in [4.69, 9.17) is 0 Å². The maximum Gasteiger partial charge on any atom is 0.251 e. The number of carbonyl (C=O) groups excluding carboxylic acids is 1. The summed E-state index contributed by atoms with van der Waals surface area (Å²) in [5.74, 6) is 0.644. The molecular weight excluding hydrogens is 226 g/mol. The average molecular weight is 247 g/mol. The second kappa shape index (κ2) is 5.42. The van der Waals surface area contributed by atoms with E-state index in [1.807, 2.05) is 6.92 Å². The van der Waals surface area contributed by atoms with Gasteiger partial charge in [0, 0.05) is 11.6 Å². The molecule has 2 atom stereocenters. The van der Waals surface area contributed by atoms with Crippen LogP contribution in [0.4, 0.5) is 0 Å². The standard InChI is InChI=1S/C15H21NO2/c1-10-5-3-4-6-13(10)16-15(18)12-8-7-11(2)14(17)9-12/h7-10,13,17H,3-6H2,1-2H3,(H,16,18). The van der Waals surface area contributed by atoms with Gasteiger partial charge in [-0.2, -0.15) is 0 Å². The molecule has 3 heteroatoms. The number of hydrogen-bond donors (Lipinski definition) is 2. The maximum atomic E-state index is 12.1. The minimum atomic E-state index is -0.0796. The fraction of sp³-hybridized carbons (Fsp3) is 0.533. The molecule has 0 bridgehead atoms. The van der Waals surface area contributed by atoms with Crippen LogP contribution in [0.3, 0.4) is 0 Å². The lowest BCUT2D eigenvalue weighted by Crippen LogP contribution is -2.41. The lowest BCUT2D eigenvalue weighted by Gasteiger charge is -2.29. The van der Waals surface area contributed by atoms with Crippen LogP contribution in [0.5, 0.6) is 5.75 Å². The molecule has 1 aliphatic rings. The molecule has 0 radical (unpaired) electrons. The van der Waals surface area contributed by atoms with Crippen LogP contribution in [0, 0.1) is 12.8 Å². The van der Waals surface area contributed by atoms with Gasteiger partial charge in [0.2, 0.25) is 0 Å². The number of aryl methyl sites for hydroxylation is 1. The zero-order valence-electron chi connectivity index (χ0n) is 11.1. The SMILES string of the molecule is Cc1ccc(C(=O)NC2CCCCC2C)cc1O. The normalized spacial score (nSPS) is 23.7. The van der Waals surface area contributed by atoms with Gasteiger partial charge in [-0.25, -0.2) is 0 Å². The van der Waals surface area contributed by atoms with Gasteiger partial charge in [0.05, 0.1) is 0 Å². The number of phenolic OH excluding ortho intramolecular Hbond substituents is 1. The number of nitrogens with one attached hydrogen (secondary N) is 1. The van der Waals surface area contributed by atoms with Crippen molar-refractivity contribution in [3.8, 4) is 5.75 Å². The van der Waals surface area contributed by atoms with Crippen LogP contribution in [0.2, 0.25) is 0 Å². The van der Waals surface area contributed by atoms with Crippen molar-refractivity contribution in [2.75, 3.05) is 0 Å². The van der Waals surface area contributed by atoms with E-state index in [1.54, 1.807) is 12.1 Å². The molecule has 1 amide bonds. The third-order valence-corrected chi connectivity index (χ3v) is 3.90. The van der Waals surface area contributed by atoms with Gasteiger partial charge in [-0.1, -0.05) is 25.8 Å². The molecule has 2 unspecified atom stereocenters. The lowest BCUT2D eigenvalue weighted by molar-refractivity contribution is 0.0910. The molecule has 0 aromatic heterocycles. The number of hydrogen-bond acceptors (Lipinski definition) is 2. The monoisotopic (exact) mass is 247 g/mol. The minimum Gasteiger partial charge on any atom is -0.508 e. The van der Waals surface area contributed by atoms with Crippen LogP contribution in [0.15, 0.2) is 18.2 Å². The Bertz CT molecular complexity index is 442. The van der Waals surface area contributed by atoms with Gasteiger partial charge in [0.25, 0.3) is 5.91 Å². The van der Waals surface area contributed by atoms with Crippen LogP contribution in [0.25, 0.3) is 0 Å². The van der Waals surface area contributed by atoms with E-state index in [0.717, 1.165) is 12.0 Å². The van der Waals surface area contributed by atoms with E-state index >= 15 is 0 Å². The number of rotatable bonds is 2. The van der Waals surface area contributed by atoms with Crippen LogP contribution in [0.1, 0.15) is 48.5 Å². The number of benzene rings is 1. The van der Waals surface area contributed by atoms with E-state index < -0.39 is 0 Å². The first-order valence-electron chi connectivity index (χ1n) is 6.68. The third-order valence-electron chi connectivity index (χ3n) is 3.90. The third kappa shape index (κ3) is 2.84. The zero-order valence-corrected chi connectivity index (χ0v) is 11.1. The van der Waals surface area contributed by atoms with Crippen molar-refractivity contribution < 1.29 is 9.90 Å². The van der Waals surface area contributed by atoms with Crippen molar-refractivity contribution in [2.45, 2.75) is 45.6 Å². The Balaban J connectivity index is 2.04. The molecule has 0 aliphatic heterocycles. The lowest BCUT2D eigenvalue weighted by atomic mass is 9.86. The molecule has 1 aromatic carbocycles. The highest BCUT2D eigenvalue weighted by molar-refractivity contribution is 5.94. The van der Waals surface area contributed by atoms with Crippen molar-refractivity contribution in [1.29, 1.82) is 0 Å².